The minimum absolute atomic E-state index is 0.00452. The lowest BCUT2D eigenvalue weighted by atomic mass is 10.2. The molecule has 180 valence electrons. The topological polar surface area (TPSA) is 109 Å². The first-order chi connectivity index (χ1) is 16.8. The Morgan fingerprint density at radius 1 is 1.09 bits per heavy atom. The molecule has 0 saturated carbocycles. The number of thioether (sulfide) groups is 1. The summed E-state index contributed by atoms with van der Waals surface area (Å²) in [6, 6.07) is 11.0. The van der Waals surface area contributed by atoms with Crippen molar-refractivity contribution in [3.8, 4) is 11.5 Å². The van der Waals surface area contributed by atoms with Crippen molar-refractivity contribution in [1.82, 2.24) is 18.7 Å². The van der Waals surface area contributed by atoms with E-state index in [0.717, 1.165) is 21.9 Å². The summed E-state index contributed by atoms with van der Waals surface area (Å²) in [7, 11) is 2.92. The highest BCUT2D eigenvalue weighted by Crippen LogP contribution is 2.34. The van der Waals surface area contributed by atoms with Crippen molar-refractivity contribution in [2.24, 2.45) is 14.1 Å². The highest BCUT2D eigenvalue weighted by atomic mass is 32.2. The molecule has 4 aromatic rings. The predicted octanol–water partition coefficient (Wildman–Crippen LogP) is 2.08. The van der Waals surface area contributed by atoms with Crippen molar-refractivity contribution in [2.45, 2.75) is 11.7 Å². The molecule has 1 aliphatic heterocycles. The molecule has 0 radical (unpaired) electrons. The van der Waals surface area contributed by atoms with E-state index < -0.39 is 11.2 Å². The van der Waals surface area contributed by atoms with Crippen LogP contribution < -0.4 is 26.0 Å². The van der Waals surface area contributed by atoms with Crippen LogP contribution in [0.3, 0.4) is 0 Å². The zero-order valence-corrected chi connectivity index (χ0v) is 19.6. The lowest BCUT2D eigenvalue weighted by Crippen LogP contribution is -2.37. The molecule has 0 saturated heterocycles. The van der Waals surface area contributed by atoms with Gasteiger partial charge >= 0.3 is 5.69 Å². The smallest absolute Gasteiger partial charge is 0.332 e. The van der Waals surface area contributed by atoms with E-state index in [-0.39, 0.29) is 42.0 Å². The zero-order chi connectivity index (χ0) is 24.7. The van der Waals surface area contributed by atoms with Gasteiger partial charge in [0, 0.05) is 25.8 Å². The summed E-state index contributed by atoms with van der Waals surface area (Å²) >= 11 is 1.12. The lowest BCUT2D eigenvalue weighted by Gasteiger charge is -2.10. The second kappa shape index (κ2) is 8.95. The average molecular weight is 498 g/mol. The Bertz CT molecular complexity index is 1570. The number of carbonyl (C=O) groups excluding carboxylic acids is 1. The second-order valence-corrected chi connectivity index (χ2v) is 8.83. The number of nitrogens with one attached hydrogen (secondary N) is 1. The molecule has 3 heterocycles. The van der Waals surface area contributed by atoms with E-state index >= 15 is 0 Å². The molecule has 0 aliphatic carbocycles. The van der Waals surface area contributed by atoms with Crippen molar-refractivity contribution >= 4 is 34.5 Å². The van der Waals surface area contributed by atoms with E-state index in [0.29, 0.717) is 22.3 Å². The molecular weight excluding hydrogens is 477 g/mol. The first-order valence-corrected chi connectivity index (χ1v) is 11.5. The van der Waals surface area contributed by atoms with Crippen LogP contribution in [0.1, 0.15) is 5.56 Å². The molecule has 35 heavy (non-hydrogen) atoms. The summed E-state index contributed by atoms with van der Waals surface area (Å²) in [4.78, 5) is 42.5. The van der Waals surface area contributed by atoms with Crippen LogP contribution in [-0.4, -0.2) is 37.1 Å². The molecule has 0 atom stereocenters. The van der Waals surface area contributed by atoms with Gasteiger partial charge in [-0.15, -0.1) is 0 Å². The minimum atomic E-state index is -0.508. The van der Waals surface area contributed by atoms with E-state index in [4.69, 9.17) is 9.47 Å². The lowest BCUT2D eigenvalue weighted by molar-refractivity contribution is -0.113. The maximum atomic E-state index is 13.4. The van der Waals surface area contributed by atoms with Gasteiger partial charge in [-0.2, -0.15) is 0 Å². The largest absolute Gasteiger partial charge is 0.454 e. The monoisotopic (exact) mass is 497 g/mol. The standard InChI is InChI=1S/C23H20FN5O5S/c1-27-20-19(21(31)28(2)23(27)32)29(10-13-3-5-14(24)6-4-13)22(26-20)35-11-18(30)25-15-7-8-16-17(9-15)34-12-33-16/h3-9H,10-12H2,1-2H3,(H,25,30). The SMILES string of the molecule is Cn1c(=O)c2c(nc(SCC(=O)Nc3ccc4c(c3)OCO4)n2Cc2ccc(F)cc2)n(C)c1=O. The first-order valence-electron chi connectivity index (χ1n) is 10.5. The van der Waals surface area contributed by atoms with Gasteiger partial charge in [0.25, 0.3) is 5.56 Å². The Labute approximate surface area is 201 Å². The van der Waals surface area contributed by atoms with Crippen LogP contribution in [0, 0.1) is 5.82 Å². The third-order valence-corrected chi connectivity index (χ3v) is 6.53. The van der Waals surface area contributed by atoms with Crippen molar-refractivity contribution in [1.29, 1.82) is 0 Å². The first kappa shape index (κ1) is 22.7. The van der Waals surface area contributed by atoms with Gasteiger partial charge in [-0.1, -0.05) is 23.9 Å². The Kier molecular flexibility index (Phi) is 5.81. The number of halogens is 1. The van der Waals surface area contributed by atoms with E-state index in [1.165, 1.54) is 30.8 Å². The average Bonchev–Trinajstić information content (AvgIpc) is 3.46. The summed E-state index contributed by atoms with van der Waals surface area (Å²) in [5.41, 5.74) is 0.695. The Morgan fingerprint density at radius 3 is 2.60 bits per heavy atom. The number of aromatic nitrogens is 4. The van der Waals surface area contributed by atoms with E-state index in [1.807, 2.05) is 0 Å². The summed E-state index contributed by atoms with van der Waals surface area (Å²) in [6.45, 7) is 0.338. The summed E-state index contributed by atoms with van der Waals surface area (Å²) in [6.07, 6.45) is 0. The van der Waals surface area contributed by atoms with Crippen LogP contribution in [0.2, 0.25) is 0 Å². The van der Waals surface area contributed by atoms with Gasteiger partial charge in [-0.25, -0.2) is 14.2 Å². The number of nitrogens with zero attached hydrogens (tertiary/aromatic N) is 4. The van der Waals surface area contributed by atoms with E-state index in [9.17, 15) is 18.8 Å². The number of ether oxygens (including phenoxy) is 2. The van der Waals surface area contributed by atoms with E-state index in [2.05, 4.69) is 10.3 Å². The summed E-state index contributed by atoms with van der Waals surface area (Å²) < 4.78 is 27.9. The quantitative estimate of drug-likeness (QED) is 0.406. The number of fused-ring (bicyclic) bond motifs is 2. The molecule has 12 heteroatoms. The molecule has 0 unspecified atom stereocenters. The molecule has 1 aliphatic rings. The second-order valence-electron chi connectivity index (χ2n) is 7.89. The molecule has 10 nitrogen and oxygen atoms in total. The molecule has 0 bridgehead atoms. The molecule has 1 N–H and O–H groups in total. The molecule has 0 fully saturated rings. The zero-order valence-electron chi connectivity index (χ0n) is 18.8. The van der Waals surface area contributed by atoms with Gasteiger partial charge < -0.3 is 19.4 Å². The van der Waals surface area contributed by atoms with Crippen LogP contribution >= 0.6 is 11.8 Å². The van der Waals surface area contributed by atoms with Crippen LogP contribution in [0.4, 0.5) is 10.1 Å². The summed E-state index contributed by atoms with van der Waals surface area (Å²) in [5, 5.41) is 3.18. The van der Waals surface area contributed by atoms with Crippen molar-refractivity contribution in [3.63, 3.8) is 0 Å². The molecule has 2 aromatic carbocycles. The van der Waals surface area contributed by atoms with Gasteiger partial charge in [0.2, 0.25) is 12.7 Å². The number of rotatable bonds is 6. The Hall–Kier alpha value is -4.06. The maximum Gasteiger partial charge on any atom is 0.332 e. The van der Waals surface area contributed by atoms with Crippen LogP contribution in [-0.2, 0) is 25.4 Å². The van der Waals surface area contributed by atoms with Gasteiger partial charge in [0.15, 0.2) is 27.8 Å². The van der Waals surface area contributed by atoms with Crippen molar-refractivity contribution in [2.75, 3.05) is 17.9 Å². The summed E-state index contributed by atoms with van der Waals surface area (Å²) in [5.74, 6) is 0.482. The van der Waals surface area contributed by atoms with Gasteiger partial charge in [-0.3, -0.25) is 18.7 Å². The fourth-order valence-corrected chi connectivity index (χ4v) is 4.55. The molecular formula is C23H20FN5O5S. The van der Waals surface area contributed by atoms with Crippen LogP contribution in [0.15, 0.2) is 57.2 Å². The normalized spacial score (nSPS) is 12.3. The Morgan fingerprint density at radius 2 is 1.83 bits per heavy atom. The molecule has 0 spiro atoms. The molecule has 2 aromatic heterocycles. The number of imidazole rings is 1. The van der Waals surface area contributed by atoms with Crippen LogP contribution in [0.25, 0.3) is 11.2 Å². The molecule has 1 amide bonds. The number of aryl methyl sites for hydroxylation is 1. The fourth-order valence-electron chi connectivity index (χ4n) is 3.76. The number of benzene rings is 2. The third kappa shape index (κ3) is 4.28. The Balaban J connectivity index is 1.45. The van der Waals surface area contributed by atoms with Crippen LogP contribution in [0.5, 0.6) is 11.5 Å². The maximum absolute atomic E-state index is 13.4. The minimum Gasteiger partial charge on any atom is -0.454 e. The third-order valence-electron chi connectivity index (χ3n) is 5.56. The van der Waals surface area contributed by atoms with Crippen molar-refractivity contribution in [3.05, 3.63) is 74.7 Å². The fraction of sp³-hybridized carbons (Fsp3) is 0.217. The highest BCUT2D eigenvalue weighted by molar-refractivity contribution is 7.99. The van der Waals surface area contributed by atoms with Gasteiger partial charge in [0.05, 0.1) is 12.3 Å². The highest BCUT2D eigenvalue weighted by Gasteiger charge is 2.21. The number of amides is 1. The number of hydrogen-bond donors (Lipinski definition) is 1. The molecule has 5 rings (SSSR count). The number of anilines is 1. The van der Waals surface area contributed by atoms with Gasteiger partial charge in [0.1, 0.15) is 5.82 Å². The van der Waals surface area contributed by atoms with Gasteiger partial charge in [-0.05, 0) is 29.8 Å². The number of hydrogen-bond acceptors (Lipinski definition) is 7. The van der Waals surface area contributed by atoms with E-state index in [1.54, 1.807) is 34.9 Å². The number of carbonyl (C=O) groups is 1. The predicted molar refractivity (Wildman–Crippen MR) is 128 cm³/mol. The van der Waals surface area contributed by atoms with Crippen molar-refractivity contribution < 1.29 is 18.7 Å².